The van der Waals surface area contributed by atoms with Crippen molar-refractivity contribution in [1.82, 2.24) is 4.90 Å². The summed E-state index contributed by atoms with van der Waals surface area (Å²) < 4.78 is 38.4. The fraction of sp³-hybridized carbons (Fsp3) is 0.389. The van der Waals surface area contributed by atoms with Gasteiger partial charge in [-0.05, 0) is 42.0 Å². The molecule has 0 saturated heterocycles. The smallest absolute Gasteiger partial charge is 0.377 e. The molecule has 3 rings (SSSR count). The molecule has 0 bridgehead atoms. The summed E-state index contributed by atoms with van der Waals surface area (Å²) >= 11 is 7.84. The lowest BCUT2D eigenvalue weighted by atomic mass is 10.0. The summed E-state index contributed by atoms with van der Waals surface area (Å²) in [5.41, 5.74) is 1.59. The molecular formula is C18H18ClF3N2OS. The molecule has 1 aromatic carbocycles. The molecule has 3 nitrogen and oxygen atoms in total. The van der Waals surface area contributed by atoms with Gasteiger partial charge in [0.1, 0.15) is 5.50 Å². The lowest BCUT2D eigenvalue weighted by molar-refractivity contribution is -0.186. The molecular weight excluding hydrogens is 385 g/mol. The largest absolute Gasteiger partial charge is 0.471 e. The maximum atomic E-state index is 12.8. The Morgan fingerprint density at radius 2 is 2.12 bits per heavy atom. The summed E-state index contributed by atoms with van der Waals surface area (Å²) in [5.74, 6) is -1.88. The minimum atomic E-state index is -4.92. The van der Waals surface area contributed by atoms with Crippen LogP contribution in [0, 0.1) is 0 Å². The van der Waals surface area contributed by atoms with Crippen LogP contribution >= 0.6 is 22.9 Å². The average Bonchev–Trinajstić information content (AvgIpc) is 3.05. The Hall–Kier alpha value is -1.73. The number of amides is 1. The molecule has 0 spiro atoms. The first-order valence-electron chi connectivity index (χ1n) is 8.20. The normalized spacial score (nSPS) is 18.8. The summed E-state index contributed by atoms with van der Waals surface area (Å²) in [5, 5.41) is 5.42. The van der Waals surface area contributed by atoms with E-state index in [2.05, 4.69) is 5.32 Å². The molecule has 1 N–H and O–H groups in total. The summed E-state index contributed by atoms with van der Waals surface area (Å²) in [6.07, 6.45) is -4.42. The quantitative estimate of drug-likeness (QED) is 0.580. The van der Waals surface area contributed by atoms with Crippen molar-refractivity contribution in [3.63, 3.8) is 0 Å². The van der Waals surface area contributed by atoms with Crippen molar-refractivity contribution in [2.24, 2.45) is 0 Å². The first-order chi connectivity index (χ1) is 12.3. The average molecular weight is 403 g/mol. The van der Waals surface area contributed by atoms with Crippen LogP contribution in [0.25, 0.3) is 0 Å². The molecule has 2 atom stereocenters. The van der Waals surface area contributed by atoms with Crippen molar-refractivity contribution >= 4 is 34.5 Å². The van der Waals surface area contributed by atoms with Crippen LogP contribution in [0.3, 0.4) is 0 Å². The maximum Gasteiger partial charge on any atom is 0.471 e. The van der Waals surface area contributed by atoms with E-state index in [4.69, 9.17) is 11.6 Å². The van der Waals surface area contributed by atoms with E-state index in [-0.39, 0.29) is 19.0 Å². The second-order valence-electron chi connectivity index (χ2n) is 6.21. The van der Waals surface area contributed by atoms with Crippen LogP contribution in [0.2, 0.25) is 0 Å². The Bertz CT molecular complexity index is 779. The van der Waals surface area contributed by atoms with Gasteiger partial charge in [0.05, 0.1) is 6.04 Å². The number of hydrogen-bond acceptors (Lipinski definition) is 3. The number of anilines is 1. The van der Waals surface area contributed by atoms with E-state index >= 15 is 0 Å². The van der Waals surface area contributed by atoms with Gasteiger partial charge >= 0.3 is 12.1 Å². The predicted molar refractivity (Wildman–Crippen MR) is 97.6 cm³/mol. The van der Waals surface area contributed by atoms with E-state index in [1.165, 1.54) is 0 Å². The monoisotopic (exact) mass is 402 g/mol. The Labute approximate surface area is 158 Å². The molecule has 8 heteroatoms. The van der Waals surface area contributed by atoms with Crippen LogP contribution < -0.4 is 5.32 Å². The summed E-state index contributed by atoms with van der Waals surface area (Å²) in [4.78, 5) is 13.5. The molecule has 1 aromatic heterocycles. The standard InChI is InChI=1S/C18H18ClF3N2OS/c1-11(15-6-3-9-26-15)23-14-5-2-4-12-7-8-24(16(19)10-13(12)14)17(25)18(20,21)22/h2-6,9,11,16,23H,7-8,10H2,1H3. The van der Waals surface area contributed by atoms with Gasteiger partial charge in [0, 0.05) is 23.5 Å². The first-order valence-corrected chi connectivity index (χ1v) is 9.51. The van der Waals surface area contributed by atoms with E-state index in [1.807, 2.05) is 42.6 Å². The van der Waals surface area contributed by atoms with Gasteiger partial charge in [0.15, 0.2) is 0 Å². The molecule has 0 fully saturated rings. The van der Waals surface area contributed by atoms with E-state index in [0.29, 0.717) is 11.3 Å². The minimum absolute atomic E-state index is 0.0521. The highest BCUT2D eigenvalue weighted by Crippen LogP contribution is 2.32. The molecule has 0 aliphatic carbocycles. The summed E-state index contributed by atoms with van der Waals surface area (Å²) in [6.45, 7) is 1.98. The van der Waals surface area contributed by atoms with Gasteiger partial charge in [-0.25, -0.2) is 0 Å². The third-order valence-electron chi connectivity index (χ3n) is 4.45. The number of benzene rings is 1. The van der Waals surface area contributed by atoms with Crippen molar-refractivity contribution < 1.29 is 18.0 Å². The van der Waals surface area contributed by atoms with Crippen LogP contribution in [-0.4, -0.2) is 29.0 Å². The number of rotatable bonds is 3. The van der Waals surface area contributed by atoms with Gasteiger partial charge in [0.2, 0.25) is 0 Å². The van der Waals surface area contributed by atoms with Gasteiger partial charge in [-0.1, -0.05) is 29.8 Å². The fourth-order valence-corrected chi connectivity index (χ4v) is 4.21. The molecule has 2 heterocycles. The number of nitrogens with zero attached hydrogens (tertiary/aromatic N) is 1. The molecule has 26 heavy (non-hydrogen) atoms. The zero-order valence-electron chi connectivity index (χ0n) is 14.0. The van der Waals surface area contributed by atoms with Crippen molar-refractivity contribution in [3.8, 4) is 0 Å². The Kier molecular flexibility index (Phi) is 5.48. The molecule has 1 amide bonds. The first kappa shape index (κ1) is 19.0. The highest BCUT2D eigenvalue weighted by Gasteiger charge is 2.45. The second-order valence-corrected chi connectivity index (χ2v) is 7.69. The van der Waals surface area contributed by atoms with E-state index in [0.717, 1.165) is 21.7 Å². The van der Waals surface area contributed by atoms with Gasteiger partial charge in [-0.2, -0.15) is 13.2 Å². The van der Waals surface area contributed by atoms with Gasteiger partial charge in [0.25, 0.3) is 0 Å². The van der Waals surface area contributed by atoms with E-state index < -0.39 is 17.6 Å². The van der Waals surface area contributed by atoms with Crippen LogP contribution in [-0.2, 0) is 17.6 Å². The molecule has 0 radical (unpaired) electrons. The maximum absolute atomic E-state index is 12.8. The van der Waals surface area contributed by atoms with Crippen molar-refractivity contribution in [3.05, 3.63) is 51.7 Å². The lowest BCUT2D eigenvalue weighted by Crippen LogP contribution is -2.45. The Morgan fingerprint density at radius 1 is 1.35 bits per heavy atom. The zero-order chi connectivity index (χ0) is 18.9. The number of halogens is 4. The van der Waals surface area contributed by atoms with Gasteiger partial charge in [-0.3, -0.25) is 4.79 Å². The topological polar surface area (TPSA) is 32.3 Å². The van der Waals surface area contributed by atoms with Crippen molar-refractivity contribution in [2.75, 3.05) is 11.9 Å². The van der Waals surface area contributed by atoms with E-state index in [1.54, 1.807) is 11.3 Å². The highest BCUT2D eigenvalue weighted by atomic mass is 35.5. The molecule has 2 aromatic rings. The summed E-state index contributed by atoms with van der Waals surface area (Å²) in [7, 11) is 0. The minimum Gasteiger partial charge on any atom is -0.377 e. The molecule has 1 aliphatic rings. The number of alkyl halides is 4. The third kappa shape index (κ3) is 3.99. The van der Waals surface area contributed by atoms with Crippen LogP contribution in [0.5, 0.6) is 0 Å². The molecule has 1 aliphatic heterocycles. The zero-order valence-corrected chi connectivity index (χ0v) is 15.6. The second kappa shape index (κ2) is 7.48. The number of hydrogen-bond donors (Lipinski definition) is 1. The predicted octanol–water partition coefficient (Wildman–Crippen LogP) is 4.98. The van der Waals surface area contributed by atoms with Crippen molar-refractivity contribution in [1.29, 1.82) is 0 Å². The van der Waals surface area contributed by atoms with Crippen molar-refractivity contribution in [2.45, 2.75) is 37.5 Å². The summed E-state index contributed by atoms with van der Waals surface area (Å²) in [6, 6.07) is 9.70. The van der Waals surface area contributed by atoms with Gasteiger partial charge in [-0.15, -0.1) is 11.3 Å². The molecule has 0 saturated carbocycles. The van der Waals surface area contributed by atoms with Crippen LogP contribution in [0.1, 0.15) is 29.0 Å². The molecule has 140 valence electrons. The SMILES string of the molecule is CC(Nc1cccc2c1CC(Cl)N(C(=O)C(F)(F)F)CC2)c1cccs1. The number of fused-ring (bicyclic) bond motifs is 1. The number of carbonyl (C=O) groups excluding carboxylic acids is 1. The Balaban J connectivity index is 1.84. The van der Waals surface area contributed by atoms with Gasteiger partial charge < -0.3 is 10.2 Å². The lowest BCUT2D eigenvalue weighted by Gasteiger charge is -2.26. The Morgan fingerprint density at radius 3 is 2.77 bits per heavy atom. The van der Waals surface area contributed by atoms with Crippen LogP contribution in [0.15, 0.2) is 35.7 Å². The number of nitrogens with one attached hydrogen (secondary N) is 1. The number of thiophene rings is 1. The van der Waals surface area contributed by atoms with Crippen LogP contribution in [0.4, 0.5) is 18.9 Å². The highest BCUT2D eigenvalue weighted by molar-refractivity contribution is 7.10. The third-order valence-corrected chi connectivity index (χ3v) is 5.90. The van der Waals surface area contributed by atoms with E-state index in [9.17, 15) is 18.0 Å². The fourth-order valence-electron chi connectivity index (χ4n) is 3.14. The number of carbonyl (C=O) groups is 1. The molecule has 2 unspecified atom stereocenters.